The van der Waals surface area contributed by atoms with Gasteiger partial charge in [-0.15, -0.1) is 0 Å². The van der Waals surface area contributed by atoms with Crippen molar-refractivity contribution in [2.75, 3.05) is 40.0 Å². The molecule has 0 unspecified atom stereocenters. The molecule has 156 valence electrons. The highest BCUT2D eigenvalue weighted by molar-refractivity contribution is 5.56. The molecule has 1 heterocycles. The molecule has 0 atom stereocenters. The summed E-state index contributed by atoms with van der Waals surface area (Å²) in [6.07, 6.45) is 9.32. The maximum Gasteiger partial charge on any atom is 0.161 e. The fraction of sp³-hybridized carbons (Fsp3) is 0.440. The van der Waals surface area contributed by atoms with E-state index in [9.17, 15) is 0 Å². The van der Waals surface area contributed by atoms with E-state index in [2.05, 4.69) is 29.2 Å². The molecule has 29 heavy (non-hydrogen) atoms. The zero-order chi connectivity index (χ0) is 20.2. The van der Waals surface area contributed by atoms with E-state index in [1.54, 1.807) is 7.11 Å². The van der Waals surface area contributed by atoms with Crippen LogP contribution in [-0.4, -0.2) is 44.9 Å². The van der Waals surface area contributed by atoms with Crippen molar-refractivity contribution in [2.24, 2.45) is 0 Å². The van der Waals surface area contributed by atoms with Gasteiger partial charge in [0.15, 0.2) is 11.5 Å². The number of nitrogens with zero attached hydrogens (tertiary/aromatic N) is 1. The molecule has 0 amide bonds. The van der Waals surface area contributed by atoms with Gasteiger partial charge < -0.3 is 19.1 Å². The third-order valence-electron chi connectivity index (χ3n) is 5.16. The second kappa shape index (κ2) is 12.3. The molecule has 2 aromatic rings. The second-order valence-corrected chi connectivity index (χ2v) is 7.42. The standard InChI is InChI=1S/C25H33NO3/c1-27-25-20-22(13-14-24(25)29-21-23-10-4-2-5-11-23)12-8-18-28-19-9-17-26-15-6-3-7-16-26/h2,4-5,8,10-14,20H,3,6-7,9,15-19,21H2,1H3/b12-8+. The van der Waals surface area contributed by atoms with Gasteiger partial charge in [-0.3, -0.25) is 0 Å². The van der Waals surface area contributed by atoms with Crippen molar-refractivity contribution in [2.45, 2.75) is 32.3 Å². The van der Waals surface area contributed by atoms with Gasteiger partial charge in [0.2, 0.25) is 0 Å². The van der Waals surface area contributed by atoms with Crippen LogP contribution in [0, 0.1) is 0 Å². The first kappa shape index (κ1) is 21.4. The summed E-state index contributed by atoms with van der Waals surface area (Å²) in [4.78, 5) is 2.55. The molecule has 1 aliphatic heterocycles. The van der Waals surface area contributed by atoms with Gasteiger partial charge in [0.1, 0.15) is 6.61 Å². The third kappa shape index (κ3) is 7.56. The first-order valence-corrected chi connectivity index (χ1v) is 10.7. The molecule has 2 aromatic carbocycles. The van der Waals surface area contributed by atoms with Crippen LogP contribution in [0.5, 0.6) is 11.5 Å². The maximum absolute atomic E-state index is 5.91. The number of methoxy groups -OCH3 is 1. The highest BCUT2D eigenvalue weighted by Gasteiger charge is 2.08. The van der Waals surface area contributed by atoms with Crippen molar-refractivity contribution < 1.29 is 14.2 Å². The summed E-state index contributed by atoms with van der Waals surface area (Å²) in [6.45, 7) is 5.65. The zero-order valence-electron chi connectivity index (χ0n) is 17.5. The number of likely N-dealkylation sites (tertiary alicyclic amines) is 1. The quantitative estimate of drug-likeness (QED) is 0.491. The van der Waals surface area contributed by atoms with Crippen LogP contribution in [0.1, 0.15) is 36.8 Å². The Labute approximate surface area is 175 Å². The monoisotopic (exact) mass is 395 g/mol. The van der Waals surface area contributed by atoms with E-state index in [-0.39, 0.29) is 0 Å². The summed E-state index contributed by atoms with van der Waals surface area (Å²) in [7, 11) is 1.67. The van der Waals surface area contributed by atoms with E-state index in [1.807, 2.05) is 36.4 Å². The Morgan fingerprint density at radius 1 is 0.966 bits per heavy atom. The molecule has 1 saturated heterocycles. The largest absolute Gasteiger partial charge is 0.493 e. The van der Waals surface area contributed by atoms with Crippen molar-refractivity contribution in [3.05, 3.63) is 65.7 Å². The Morgan fingerprint density at radius 2 is 1.79 bits per heavy atom. The lowest BCUT2D eigenvalue weighted by atomic mass is 10.1. The molecular weight excluding hydrogens is 362 g/mol. The zero-order valence-corrected chi connectivity index (χ0v) is 17.5. The summed E-state index contributed by atoms with van der Waals surface area (Å²) in [6, 6.07) is 16.1. The number of hydrogen-bond acceptors (Lipinski definition) is 4. The normalized spacial score (nSPS) is 14.9. The van der Waals surface area contributed by atoms with E-state index in [0.29, 0.717) is 13.2 Å². The molecule has 1 aliphatic rings. The molecule has 0 N–H and O–H groups in total. The molecule has 0 aromatic heterocycles. The van der Waals surface area contributed by atoms with Crippen LogP contribution in [0.2, 0.25) is 0 Å². The van der Waals surface area contributed by atoms with Crippen molar-refractivity contribution in [1.29, 1.82) is 0 Å². The molecule has 0 aliphatic carbocycles. The number of ether oxygens (including phenoxy) is 3. The lowest BCUT2D eigenvalue weighted by Crippen LogP contribution is -2.31. The van der Waals surface area contributed by atoms with Crippen molar-refractivity contribution in [3.63, 3.8) is 0 Å². The molecular formula is C25H33NO3. The molecule has 0 spiro atoms. The SMILES string of the molecule is COc1cc(/C=C/COCCCN2CCCCC2)ccc1OCc1ccccc1. The van der Waals surface area contributed by atoms with Gasteiger partial charge in [-0.2, -0.15) is 0 Å². The molecule has 1 fully saturated rings. The van der Waals surface area contributed by atoms with Gasteiger partial charge in [0, 0.05) is 13.2 Å². The number of benzene rings is 2. The van der Waals surface area contributed by atoms with Crippen molar-refractivity contribution in [1.82, 2.24) is 4.90 Å². The van der Waals surface area contributed by atoms with Gasteiger partial charge in [-0.1, -0.05) is 55.0 Å². The Kier molecular flexibility index (Phi) is 9.08. The minimum atomic E-state index is 0.525. The molecule has 0 bridgehead atoms. The molecule has 0 radical (unpaired) electrons. The minimum absolute atomic E-state index is 0.525. The van der Waals surface area contributed by atoms with Crippen LogP contribution in [0.4, 0.5) is 0 Å². The van der Waals surface area contributed by atoms with Gasteiger partial charge in [0.25, 0.3) is 0 Å². The van der Waals surface area contributed by atoms with E-state index >= 15 is 0 Å². The number of rotatable bonds is 11. The first-order chi connectivity index (χ1) is 14.3. The van der Waals surface area contributed by atoms with Gasteiger partial charge in [0.05, 0.1) is 13.7 Å². The summed E-state index contributed by atoms with van der Waals surface area (Å²) in [5.41, 5.74) is 2.21. The van der Waals surface area contributed by atoms with Crippen molar-refractivity contribution in [3.8, 4) is 11.5 Å². The maximum atomic E-state index is 5.91. The molecule has 0 saturated carbocycles. The Hall–Kier alpha value is -2.30. The lowest BCUT2D eigenvalue weighted by molar-refractivity contribution is 0.138. The summed E-state index contributed by atoms with van der Waals surface area (Å²) in [5.74, 6) is 1.49. The second-order valence-electron chi connectivity index (χ2n) is 7.42. The number of piperidine rings is 1. The Balaban J connectivity index is 1.38. The fourth-order valence-electron chi connectivity index (χ4n) is 3.55. The van der Waals surface area contributed by atoms with Crippen LogP contribution in [0.15, 0.2) is 54.6 Å². The Bertz CT molecular complexity index is 739. The molecule has 4 nitrogen and oxygen atoms in total. The van der Waals surface area contributed by atoms with Crippen LogP contribution < -0.4 is 9.47 Å². The van der Waals surface area contributed by atoms with Crippen LogP contribution in [0.25, 0.3) is 6.08 Å². The highest BCUT2D eigenvalue weighted by Crippen LogP contribution is 2.29. The molecule has 3 rings (SSSR count). The van der Waals surface area contributed by atoms with E-state index in [0.717, 1.165) is 42.2 Å². The van der Waals surface area contributed by atoms with Crippen LogP contribution >= 0.6 is 0 Å². The Morgan fingerprint density at radius 3 is 2.59 bits per heavy atom. The smallest absolute Gasteiger partial charge is 0.161 e. The fourth-order valence-corrected chi connectivity index (χ4v) is 3.55. The predicted molar refractivity (Wildman–Crippen MR) is 119 cm³/mol. The first-order valence-electron chi connectivity index (χ1n) is 10.7. The summed E-state index contributed by atoms with van der Waals surface area (Å²) in [5, 5.41) is 0. The van der Waals surface area contributed by atoms with Crippen LogP contribution in [0.3, 0.4) is 0 Å². The van der Waals surface area contributed by atoms with Gasteiger partial charge >= 0.3 is 0 Å². The minimum Gasteiger partial charge on any atom is -0.493 e. The molecule has 4 heteroatoms. The summed E-state index contributed by atoms with van der Waals surface area (Å²) >= 11 is 0. The van der Waals surface area contributed by atoms with Gasteiger partial charge in [-0.05, 0) is 55.6 Å². The van der Waals surface area contributed by atoms with E-state index in [4.69, 9.17) is 14.2 Å². The highest BCUT2D eigenvalue weighted by atomic mass is 16.5. The van der Waals surface area contributed by atoms with E-state index in [1.165, 1.54) is 32.4 Å². The average molecular weight is 396 g/mol. The summed E-state index contributed by atoms with van der Waals surface area (Å²) < 4.78 is 17.2. The predicted octanol–water partition coefficient (Wildman–Crippen LogP) is 5.18. The van der Waals surface area contributed by atoms with Crippen LogP contribution in [-0.2, 0) is 11.3 Å². The topological polar surface area (TPSA) is 30.9 Å². The average Bonchev–Trinajstić information content (AvgIpc) is 2.78. The third-order valence-corrected chi connectivity index (χ3v) is 5.16. The van der Waals surface area contributed by atoms with E-state index < -0.39 is 0 Å². The lowest BCUT2D eigenvalue weighted by Gasteiger charge is -2.26. The van der Waals surface area contributed by atoms with Gasteiger partial charge in [-0.25, -0.2) is 0 Å². The number of hydrogen-bond donors (Lipinski definition) is 0. The van der Waals surface area contributed by atoms with Crippen molar-refractivity contribution >= 4 is 6.08 Å².